The fourth-order valence-electron chi connectivity index (χ4n) is 2.09. The van der Waals surface area contributed by atoms with Crippen LogP contribution in [-0.2, 0) is 6.54 Å². The number of aryl methyl sites for hydroxylation is 1. The molecule has 2 aromatic carbocycles. The van der Waals surface area contributed by atoms with Crippen molar-refractivity contribution in [1.82, 2.24) is 0 Å². The molecule has 0 fully saturated rings. The molecule has 4 heteroatoms. The summed E-state index contributed by atoms with van der Waals surface area (Å²) in [6.07, 6.45) is 0. The third-order valence-electron chi connectivity index (χ3n) is 3.10. The molecule has 0 aliphatic carbocycles. The van der Waals surface area contributed by atoms with Gasteiger partial charge in [0.25, 0.3) is 0 Å². The minimum absolute atomic E-state index is 0.142. The van der Waals surface area contributed by atoms with Gasteiger partial charge in [-0.05, 0) is 24.6 Å². The van der Waals surface area contributed by atoms with Gasteiger partial charge < -0.3 is 4.90 Å². The van der Waals surface area contributed by atoms with Gasteiger partial charge in [-0.15, -0.1) is 0 Å². The van der Waals surface area contributed by atoms with Crippen LogP contribution in [0.15, 0.2) is 36.4 Å². The molecule has 2 rings (SSSR count). The summed E-state index contributed by atoms with van der Waals surface area (Å²) in [7, 11) is 1.69. The van der Waals surface area contributed by atoms with Crippen molar-refractivity contribution in [1.29, 1.82) is 5.26 Å². The largest absolute Gasteiger partial charge is 0.368 e. The molecule has 0 bridgehead atoms. The second-order valence-electron chi connectivity index (χ2n) is 4.72. The van der Waals surface area contributed by atoms with Gasteiger partial charge in [-0.2, -0.15) is 5.26 Å². The van der Waals surface area contributed by atoms with Crippen molar-refractivity contribution in [2.24, 2.45) is 0 Å². The second-order valence-corrected chi connectivity index (χ2v) is 4.72. The van der Waals surface area contributed by atoms with E-state index in [1.807, 2.05) is 31.2 Å². The van der Waals surface area contributed by atoms with E-state index in [9.17, 15) is 8.78 Å². The summed E-state index contributed by atoms with van der Waals surface area (Å²) >= 11 is 0. The lowest BCUT2D eigenvalue weighted by Crippen LogP contribution is -2.18. The number of hydrogen-bond donors (Lipinski definition) is 0. The summed E-state index contributed by atoms with van der Waals surface area (Å²) in [4.78, 5) is 1.62. The molecule has 0 heterocycles. The zero-order valence-corrected chi connectivity index (χ0v) is 11.3. The van der Waals surface area contributed by atoms with Crippen LogP contribution in [0.3, 0.4) is 0 Å². The van der Waals surface area contributed by atoms with Gasteiger partial charge in [0.05, 0.1) is 11.3 Å². The first-order valence-corrected chi connectivity index (χ1v) is 6.17. The van der Waals surface area contributed by atoms with E-state index in [1.165, 1.54) is 12.1 Å². The summed E-state index contributed by atoms with van der Waals surface area (Å²) in [5.74, 6) is -2.08. The van der Waals surface area contributed by atoms with E-state index in [1.54, 1.807) is 18.0 Å². The SMILES string of the molecule is Cc1cccc(CN(C)c2ccc(C#N)c(F)c2F)c1. The van der Waals surface area contributed by atoms with Gasteiger partial charge in [0.1, 0.15) is 6.07 Å². The van der Waals surface area contributed by atoms with Crippen LogP contribution in [0, 0.1) is 29.9 Å². The van der Waals surface area contributed by atoms with E-state index >= 15 is 0 Å². The summed E-state index contributed by atoms with van der Waals surface area (Å²) in [6.45, 7) is 2.44. The molecule has 0 spiro atoms. The minimum Gasteiger partial charge on any atom is -0.368 e. The van der Waals surface area contributed by atoms with Crippen molar-refractivity contribution in [3.63, 3.8) is 0 Å². The van der Waals surface area contributed by atoms with Crippen molar-refractivity contribution in [2.45, 2.75) is 13.5 Å². The van der Waals surface area contributed by atoms with Crippen LogP contribution in [-0.4, -0.2) is 7.05 Å². The first kappa shape index (κ1) is 14.0. The van der Waals surface area contributed by atoms with Gasteiger partial charge in [-0.1, -0.05) is 29.8 Å². The van der Waals surface area contributed by atoms with E-state index in [2.05, 4.69) is 0 Å². The van der Waals surface area contributed by atoms with Gasteiger partial charge in [0.2, 0.25) is 0 Å². The quantitative estimate of drug-likeness (QED) is 0.850. The third kappa shape index (κ3) is 2.77. The van der Waals surface area contributed by atoms with Gasteiger partial charge >= 0.3 is 0 Å². The van der Waals surface area contributed by atoms with Gasteiger partial charge in [0.15, 0.2) is 11.6 Å². The fourth-order valence-corrected chi connectivity index (χ4v) is 2.09. The third-order valence-corrected chi connectivity index (χ3v) is 3.10. The lowest BCUT2D eigenvalue weighted by Gasteiger charge is -2.20. The molecule has 2 aromatic rings. The van der Waals surface area contributed by atoms with E-state index in [0.29, 0.717) is 6.54 Å². The lowest BCUT2D eigenvalue weighted by molar-refractivity contribution is 0.505. The Morgan fingerprint density at radius 3 is 2.55 bits per heavy atom. The molecule has 0 amide bonds. The second kappa shape index (κ2) is 5.70. The zero-order chi connectivity index (χ0) is 14.7. The highest BCUT2D eigenvalue weighted by Gasteiger charge is 2.16. The molecule has 0 aliphatic heterocycles. The molecular weight excluding hydrogens is 258 g/mol. The predicted octanol–water partition coefficient (Wildman–Crippen LogP) is 3.78. The Labute approximate surface area is 116 Å². The molecule has 0 radical (unpaired) electrons. The molecule has 2 nitrogen and oxygen atoms in total. The van der Waals surface area contributed by atoms with E-state index in [0.717, 1.165) is 11.1 Å². The lowest BCUT2D eigenvalue weighted by atomic mass is 10.1. The van der Waals surface area contributed by atoms with Crippen LogP contribution >= 0.6 is 0 Å². The van der Waals surface area contributed by atoms with Crippen molar-refractivity contribution >= 4 is 5.69 Å². The Morgan fingerprint density at radius 2 is 1.90 bits per heavy atom. The Bertz CT molecular complexity index is 675. The fraction of sp³-hybridized carbons (Fsp3) is 0.188. The van der Waals surface area contributed by atoms with Gasteiger partial charge in [-0.3, -0.25) is 0 Å². The standard InChI is InChI=1S/C16H14F2N2/c1-11-4-3-5-12(8-11)10-20(2)14-7-6-13(9-19)15(17)16(14)18/h3-8H,10H2,1-2H3. The molecule has 0 saturated heterocycles. The van der Waals surface area contributed by atoms with Crippen LogP contribution < -0.4 is 4.90 Å². The summed E-state index contributed by atoms with van der Waals surface area (Å²) in [6, 6.07) is 12.2. The van der Waals surface area contributed by atoms with E-state index in [4.69, 9.17) is 5.26 Å². The average molecular weight is 272 g/mol. The van der Waals surface area contributed by atoms with E-state index < -0.39 is 11.6 Å². The summed E-state index contributed by atoms with van der Waals surface area (Å²) < 4.78 is 27.5. The average Bonchev–Trinajstić information content (AvgIpc) is 2.41. The predicted molar refractivity (Wildman–Crippen MR) is 74.4 cm³/mol. The highest BCUT2D eigenvalue weighted by atomic mass is 19.2. The number of benzene rings is 2. The molecule has 0 atom stereocenters. The smallest absolute Gasteiger partial charge is 0.183 e. The number of halogens is 2. The highest BCUT2D eigenvalue weighted by Crippen LogP contribution is 2.24. The van der Waals surface area contributed by atoms with Crippen LogP contribution in [0.1, 0.15) is 16.7 Å². The van der Waals surface area contributed by atoms with Crippen LogP contribution in [0.25, 0.3) is 0 Å². The molecule has 0 aliphatic rings. The first-order chi connectivity index (χ1) is 9.52. The zero-order valence-electron chi connectivity index (χ0n) is 11.3. The molecule has 0 unspecified atom stereocenters. The Kier molecular flexibility index (Phi) is 3.99. The van der Waals surface area contributed by atoms with Crippen LogP contribution in [0.4, 0.5) is 14.5 Å². The molecule has 0 saturated carbocycles. The molecule has 0 N–H and O–H groups in total. The first-order valence-electron chi connectivity index (χ1n) is 6.17. The maximum Gasteiger partial charge on any atom is 0.183 e. The number of rotatable bonds is 3. The van der Waals surface area contributed by atoms with Gasteiger partial charge in [0, 0.05) is 13.6 Å². The Balaban J connectivity index is 2.28. The van der Waals surface area contributed by atoms with Crippen molar-refractivity contribution in [3.05, 3.63) is 64.7 Å². The van der Waals surface area contributed by atoms with E-state index in [-0.39, 0.29) is 11.3 Å². The molecule has 102 valence electrons. The summed E-state index contributed by atoms with van der Waals surface area (Å²) in [5.41, 5.74) is 1.98. The normalized spacial score (nSPS) is 10.2. The van der Waals surface area contributed by atoms with Crippen molar-refractivity contribution in [2.75, 3.05) is 11.9 Å². The number of hydrogen-bond acceptors (Lipinski definition) is 2. The highest BCUT2D eigenvalue weighted by molar-refractivity contribution is 5.51. The maximum atomic E-state index is 13.9. The maximum absolute atomic E-state index is 13.9. The minimum atomic E-state index is -1.10. The van der Waals surface area contributed by atoms with Gasteiger partial charge in [-0.25, -0.2) is 8.78 Å². The number of nitriles is 1. The van der Waals surface area contributed by atoms with Crippen LogP contribution in [0.5, 0.6) is 0 Å². The monoisotopic (exact) mass is 272 g/mol. The molecule has 20 heavy (non-hydrogen) atoms. The topological polar surface area (TPSA) is 27.0 Å². The van der Waals surface area contributed by atoms with Crippen LogP contribution in [0.2, 0.25) is 0 Å². The number of nitrogens with zero attached hydrogens (tertiary/aromatic N) is 2. The Hall–Kier alpha value is -2.41. The summed E-state index contributed by atoms with van der Waals surface area (Å²) in [5, 5.41) is 8.67. The Morgan fingerprint density at radius 1 is 1.15 bits per heavy atom. The molecule has 0 aromatic heterocycles. The van der Waals surface area contributed by atoms with Crippen molar-refractivity contribution < 1.29 is 8.78 Å². The van der Waals surface area contributed by atoms with Crippen molar-refractivity contribution in [3.8, 4) is 6.07 Å². The molecular formula is C16H14F2N2. The number of anilines is 1.